The van der Waals surface area contributed by atoms with Crippen LogP contribution in [-0.4, -0.2) is 0 Å². The van der Waals surface area contributed by atoms with Gasteiger partial charge in [-0.05, 0) is 35.7 Å². The average molecular weight is 355 g/mol. The highest BCUT2D eigenvalue weighted by Gasteiger charge is 2.13. The molecule has 0 aromatic heterocycles. The molecule has 0 fully saturated rings. The number of nitrogens with two attached hydrogens (primary N) is 1. The van der Waals surface area contributed by atoms with Gasteiger partial charge in [-0.1, -0.05) is 62.2 Å². The Morgan fingerprint density at radius 1 is 1.00 bits per heavy atom. The molecule has 0 saturated heterocycles. The van der Waals surface area contributed by atoms with Crippen LogP contribution in [0.4, 0.5) is 0 Å². The smallest absolute Gasteiger partial charge is 0.0563 e. The third-order valence-corrected chi connectivity index (χ3v) is 4.31. The summed E-state index contributed by atoms with van der Waals surface area (Å²) in [5.74, 6) is 0. The summed E-state index contributed by atoms with van der Waals surface area (Å²) >= 11 is 7.12. The second-order valence-electron chi connectivity index (χ2n) is 4.01. The van der Waals surface area contributed by atoms with E-state index in [0.29, 0.717) is 0 Å². The van der Waals surface area contributed by atoms with E-state index in [-0.39, 0.29) is 6.04 Å². The van der Waals surface area contributed by atoms with Crippen LogP contribution in [0.25, 0.3) is 0 Å². The van der Waals surface area contributed by atoms with E-state index in [9.17, 15) is 0 Å². The summed E-state index contributed by atoms with van der Waals surface area (Å²) < 4.78 is 2.14. The first-order valence-electron chi connectivity index (χ1n) is 5.35. The topological polar surface area (TPSA) is 26.0 Å². The van der Waals surface area contributed by atoms with Gasteiger partial charge >= 0.3 is 0 Å². The summed E-state index contributed by atoms with van der Waals surface area (Å²) in [5, 5.41) is 0. The zero-order chi connectivity index (χ0) is 12.4. The highest BCUT2D eigenvalue weighted by Crippen LogP contribution is 2.31. The molecular formula is C14H13Br2N. The summed E-state index contributed by atoms with van der Waals surface area (Å²) in [6, 6.07) is 14.2. The van der Waals surface area contributed by atoms with Gasteiger partial charge in [0, 0.05) is 8.95 Å². The van der Waals surface area contributed by atoms with Crippen LogP contribution in [0.5, 0.6) is 0 Å². The Morgan fingerprint density at radius 2 is 1.65 bits per heavy atom. The van der Waals surface area contributed by atoms with Crippen LogP contribution in [0, 0.1) is 6.92 Å². The van der Waals surface area contributed by atoms with Gasteiger partial charge in [0.15, 0.2) is 0 Å². The van der Waals surface area contributed by atoms with Crippen molar-refractivity contribution in [3.05, 3.63) is 68.1 Å². The van der Waals surface area contributed by atoms with Crippen molar-refractivity contribution in [1.29, 1.82) is 0 Å². The summed E-state index contributed by atoms with van der Waals surface area (Å²) in [6.45, 7) is 2.06. The van der Waals surface area contributed by atoms with Gasteiger partial charge in [0.1, 0.15) is 0 Å². The van der Waals surface area contributed by atoms with Gasteiger partial charge in [-0.25, -0.2) is 0 Å². The van der Waals surface area contributed by atoms with E-state index in [1.807, 2.05) is 30.3 Å². The largest absolute Gasteiger partial charge is 0.320 e. The van der Waals surface area contributed by atoms with E-state index >= 15 is 0 Å². The summed E-state index contributed by atoms with van der Waals surface area (Å²) in [4.78, 5) is 0. The number of halogens is 2. The van der Waals surface area contributed by atoms with Gasteiger partial charge in [0.05, 0.1) is 6.04 Å². The minimum absolute atomic E-state index is 0.109. The lowest BCUT2D eigenvalue weighted by atomic mass is 9.99. The average Bonchev–Trinajstić information content (AvgIpc) is 2.34. The van der Waals surface area contributed by atoms with E-state index in [0.717, 1.165) is 20.1 Å². The molecule has 0 aliphatic heterocycles. The molecule has 0 heterocycles. The fourth-order valence-corrected chi connectivity index (χ4v) is 2.81. The molecule has 0 amide bonds. The molecule has 0 aliphatic carbocycles. The van der Waals surface area contributed by atoms with Crippen LogP contribution in [0.3, 0.4) is 0 Å². The van der Waals surface area contributed by atoms with Crippen molar-refractivity contribution in [2.45, 2.75) is 13.0 Å². The quantitative estimate of drug-likeness (QED) is 0.839. The van der Waals surface area contributed by atoms with Crippen molar-refractivity contribution in [3.8, 4) is 0 Å². The number of hydrogen-bond acceptors (Lipinski definition) is 1. The van der Waals surface area contributed by atoms with Crippen LogP contribution < -0.4 is 5.73 Å². The molecule has 2 rings (SSSR count). The molecule has 1 nitrogen and oxygen atoms in total. The molecular weight excluding hydrogens is 342 g/mol. The molecule has 0 spiro atoms. The number of hydrogen-bond donors (Lipinski definition) is 1. The minimum Gasteiger partial charge on any atom is -0.320 e. The van der Waals surface area contributed by atoms with Gasteiger partial charge in [-0.15, -0.1) is 0 Å². The third kappa shape index (κ3) is 2.79. The van der Waals surface area contributed by atoms with Crippen LogP contribution >= 0.6 is 31.9 Å². The first-order valence-corrected chi connectivity index (χ1v) is 6.94. The zero-order valence-electron chi connectivity index (χ0n) is 9.45. The molecule has 0 saturated carbocycles. The lowest BCUT2D eigenvalue weighted by molar-refractivity contribution is 0.864. The number of benzene rings is 2. The maximum Gasteiger partial charge on any atom is 0.0563 e. The van der Waals surface area contributed by atoms with E-state index < -0.39 is 0 Å². The van der Waals surface area contributed by atoms with Crippen molar-refractivity contribution >= 4 is 31.9 Å². The van der Waals surface area contributed by atoms with Crippen molar-refractivity contribution in [3.63, 3.8) is 0 Å². The Hall–Kier alpha value is -0.640. The highest BCUT2D eigenvalue weighted by molar-refractivity contribution is 9.11. The first-order chi connectivity index (χ1) is 8.09. The molecule has 0 bridgehead atoms. The fraction of sp³-hybridized carbons (Fsp3) is 0.143. The maximum absolute atomic E-state index is 6.29. The van der Waals surface area contributed by atoms with E-state index in [4.69, 9.17) is 5.73 Å². The summed E-state index contributed by atoms with van der Waals surface area (Å²) in [7, 11) is 0. The molecule has 1 atom stereocenters. The van der Waals surface area contributed by atoms with Gasteiger partial charge in [0.25, 0.3) is 0 Å². The van der Waals surface area contributed by atoms with Crippen LogP contribution in [0.15, 0.2) is 51.4 Å². The molecule has 0 radical (unpaired) electrons. The number of rotatable bonds is 2. The Labute approximate surface area is 118 Å². The molecule has 3 heteroatoms. The zero-order valence-corrected chi connectivity index (χ0v) is 12.6. The fourth-order valence-electron chi connectivity index (χ4n) is 1.74. The Morgan fingerprint density at radius 3 is 2.29 bits per heavy atom. The second-order valence-corrected chi connectivity index (χ2v) is 5.72. The highest BCUT2D eigenvalue weighted by atomic mass is 79.9. The predicted octanol–water partition coefficient (Wildman–Crippen LogP) is 4.57. The van der Waals surface area contributed by atoms with Gasteiger partial charge in [0.2, 0.25) is 0 Å². The van der Waals surface area contributed by atoms with Crippen LogP contribution in [-0.2, 0) is 0 Å². The second kappa shape index (κ2) is 5.34. The Kier molecular flexibility index (Phi) is 4.02. The molecule has 17 heavy (non-hydrogen) atoms. The molecule has 0 aliphatic rings. The van der Waals surface area contributed by atoms with Crippen LogP contribution in [0.1, 0.15) is 22.7 Å². The Balaban J connectivity index is 2.44. The third-order valence-electron chi connectivity index (χ3n) is 2.77. The van der Waals surface area contributed by atoms with Crippen molar-refractivity contribution in [2.75, 3.05) is 0 Å². The Bertz CT molecular complexity index is 523. The van der Waals surface area contributed by atoms with E-state index in [1.54, 1.807) is 0 Å². The minimum atomic E-state index is -0.109. The lowest BCUT2D eigenvalue weighted by Gasteiger charge is -2.15. The number of aryl methyl sites for hydroxylation is 1. The first kappa shape index (κ1) is 12.8. The molecule has 2 aromatic rings. The summed E-state index contributed by atoms with van der Waals surface area (Å²) in [5.41, 5.74) is 9.69. The lowest BCUT2D eigenvalue weighted by Crippen LogP contribution is -2.12. The van der Waals surface area contributed by atoms with Gasteiger partial charge in [-0.2, -0.15) is 0 Å². The molecule has 88 valence electrons. The van der Waals surface area contributed by atoms with Crippen molar-refractivity contribution < 1.29 is 0 Å². The van der Waals surface area contributed by atoms with Gasteiger partial charge in [-0.3, -0.25) is 0 Å². The van der Waals surface area contributed by atoms with E-state index in [1.165, 1.54) is 5.56 Å². The standard InChI is InChI=1S/C14H13Br2N/c1-9-7-13(16)11(8-12(9)15)14(17)10-5-3-2-4-6-10/h2-8,14H,17H2,1H3. The SMILES string of the molecule is Cc1cc(Br)c(C(N)c2ccccc2)cc1Br. The van der Waals surface area contributed by atoms with Crippen LogP contribution in [0.2, 0.25) is 0 Å². The van der Waals surface area contributed by atoms with Crippen molar-refractivity contribution in [2.24, 2.45) is 5.73 Å². The van der Waals surface area contributed by atoms with Crippen molar-refractivity contribution in [1.82, 2.24) is 0 Å². The molecule has 1 unspecified atom stereocenters. The molecule has 2 aromatic carbocycles. The monoisotopic (exact) mass is 353 g/mol. The van der Waals surface area contributed by atoms with E-state index in [2.05, 4.69) is 50.9 Å². The summed E-state index contributed by atoms with van der Waals surface area (Å²) in [6.07, 6.45) is 0. The maximum atomic E-state index is 6.29. The molecule has 2 N–H and O–H groups in total. The van der Waals surface area contributed by atoms with Gasteiger partial charge < -0.3 is 5.73 Å². The predicted molar refractivity (Wildman–Crippen MR) is 79.1 cm³/mol. The normalized spacial score (nSPS) is 12.5.